The molecule has 0 saturated carbocycles. The lowest BCUT2D eigenvalue weighted by atomic mass is 10.0. The van der Waals surface area contributed by atoms with Crippen LogP contribution in [0.15, 0.2) is 42.7 Å². The molecule has 1 N–H and O–H groups in total. The van der Waals surface area contributed by atoms with E-state index in [9.17, 15) is 0 Å². The van der Waals surface area contributed by atoms with Crippen LogP contribution >= 0.6 is 12.2 Å². The second-order valence-electron chi connectivity index (χ2n) is 7.04. The van der Waals surface area contributed by atoms with Crippen molar-refractivity contribution in [3.05, 3.63) is 54.1 Å². The molecule has 6 heteroatoms. The van der Waals surface area contributed by atoms with E-state index in [1.54, 1.807) is 0 Å². The fraction of sp³-hybridized carbons (Fsp3) is 0.500. The zero-order chi connectivity index (χ0) is 17.9. The van der Waals surface area contributed by atoms with Crippen molar-refractivity contribution in [2.24, 2.45) is 0 Å². The first-order valence-corrected chi connectivity index (χ1v) is 9.93. The van der Waals surface area contributed by atoms with E-state index in [0.717, 1.165) is 49.8 Å². The van der Waals surface area contributed by atoms with Crippen molar-refractivity contribution in [2.45, 2.75) is 50.9 Å². The average molecular weight is 371 g/mol. The first-order valence-electron chi connectivity index (χ1n) is 9.52. The molecule has 2 aliphatic rings. The summed E-state index contributed by atoms with van der Waals surface area (Å²) in [6, 6.07) is 10.6. The molecule has 3 atom stereocenters. The summed E-state index contributed by atoms with van der Waals surface area (Å²) in [5.74, 6) is 0. The molecule has 26 heavy (non-hydrogen) atoms. The summed E-state index contributed by atoms with van der Waals surface area (Å²) < 4.78 is 8.20. The fourth-order valence-corrected chi connectivity index (χ4v) is 4.41. The lowest BCUT2D eigenvalue weighted by Crippen LogP contribution is -2.31. The first-order chi connectivity index (χ1) is 12.8. The third-order valence-electron chi connectivity index (χ3n) is 5.25. The summed E-state index contributed by atoms with van der Waals surface area (Å²) in [7, 11) is 0. The Morgan fingerprint density at radius 2 is 2.23 bits per heavy atom. The van der Waals surface area contributed by atoms with Gasteiger partial charge in [0, 0.05) is 37.8 Å². The van der Waals surface area contributed by atoms with Gasteiger partial charge < -0.3 is 19.5 Å². The summed E-state index contributed by atoms with van der Waals surface area (Å²) in [6.45, 7) is 4.92. The normalized spacial score (nSPS) is 25.7. The smallest absolute Gasteiger partial charge is 0.170 e. The average Bonchev–Trinajstić information content (AvgIpc) is 3.39. The number of hydrogen-bond acceptors (Lipinski definition) is 3. The van der Waals surface area contributed by atoms with Gasteiger partial charge in [0.2, 0.25) is 0 Å². The topological polar surface area (TPSA) is 42.3 Å². The Morgan fingerprint density at radius 1 is 1.31 bits per heavy atom. The Kier molecular flexibility index (Phi) is 5.22. The number of thiocarbonyl (C=S) groups is 1. The number of ether oxygens (including phenoxy) is 1. The van der Waals surface area contributed by atoms with Gasteiger partial charge in [0.25, 0.3) is 0 Å². The predicted molar refractivity (Wildman–Crippen MR) is 106 cm³/mol. The van der Waals surface area contributed by atoms with Gasteiger partial charge in [-0.1, -0.05) is 13.0 Å². The Labute approximate surface area is 160 Å². The van der Waals surface area contributed by atoms with Crippen LogP contribution in [0.2, 0.25) is 0 Å². The molecule has 4 heterocycles. The van der Waals surface area contributed by atoms with Crippen LogP contribution in [-0.2, 0) is 11.3 Å². The van der Waals surface area contributed by atoms with Crippen LogP contribution in [0.3, 0.4) is 0 Å². The standard InChI is InChI=1S/C20H26N4OS/c1-2-11-24-19(18(22-20(24)26)16-8-3-4-10-21-16)17-9-5-12-23(17)14-15-7-6-13-25-15/h3-5,8-10,12,15,18-19H,2,6-7,11,13-14H2,1H3,(H,22,26). The van der Waals surface area contributed by atoms with Gasteiger partial charge in [0.15, 0.2) is 5.11 Å². The molecule has 2 aliphatic heterocycles. The molecular weight excluding hydrogens is 344 g/mol. The van der Waals surface area contributed by atoms with Gasteiger partial charge in [-0.2, -0.15) is 0 Å². The molecule has 2 fully saturated rings. The van der Waals surface area contributed by atoms with Crippen LogP contribution < -0.4 is 5.32 Å². The van der Waals surface area contributed by atoms with Gasteiger partial charge in [0.1, 0.15) is 0 Å². The van der Waals surface area contributed by atoms with Crippen molar-refractivity contribution in [1.29, 1.82) is 0 Å². The summed E-state index contributed by atoms with van der Waals surface area (Å²) in [5.41, 5.74) is 2.31. The van der Waals surface area contributed by atoms with Gasteiger partial charge in [-0.15, -0.1) is 0 Å². The summed E-state index contributed by atoms with van der Waals surface area (Å²) in [6.07, 6.45) is 7.69. The van der Waals surface area contributed by atoms with Gasteiger partial charge in [-0.05, 0) is 55.7 Å². The molecule has 2 aromatic heterocycles. The Morgan fingerprint density at radius 3 is 2.96 bits per heavy atom. The highest BCUT2D eigenvalue weighted by Gasteiger charge is 2.40. The second-order valence-corrected chi connectivity index (χ2v) is 7.43. The number of rotatable bonds is 6. The highest BCUT2D eigenvalue weighted by molar-refractivity contribution is 7.80. The second kappa shape index (κ2) is 7.76. The molecule has 0 spiro atoms. The minimum atomic E-state index is 0.0633. The summed E-state index contributed by atoms with van der Waals surface area (Å²) in [5, 5.41) is 4.33. The third-order valence-corrected chi connectivity index (χ3v) is 5.61. The number of nitrogens with one attached hydrogen (secondary N) is 1. The van der Waals surface area contributed by atoms with Crippen molar-refractivity contribution in [2.75, 3.05) is 13.2 Å². The first kappa shape index (κ1) is 17.5. The Balaban J connectivity index is 1.68. The maximum atomic E-state index is 5.86. The van der Waals surface area contributed by atoms with Crippen LogP contribution in [0.25, 0.3) is 0 Å². The minimum Gasteiger partial charge on any atom is -0.376 e. The summed E-state index contributed by atoms with van der Waals surface area (Å²) in [4.78, 5) is 6.92. The van der Waals surface area contributed by atoms with Crippen LogP contribution in [0.1, 0.15) is 49.7 Å². The number of nitrogens with zero attached hydrogens (tertiary/aromatic N) is 3. The highest BCUT2D eigenvalue weighted by atomic mass is 32.1. The van der Waals surface area contributed by atoms with Crippen LogP contribution in [0, 0.1) is 0 Å². The van der Waals surface area contributed by atoms with E-state index < -0.39 is 0 Å². The van der Waals surface area contributed by atoms with Crippen LogP contribution in [-0.4, -0.2) is 38.8 Å². The maximum Gasteiger partial charge on any atom is 0.170 e. The quantitative estimate of drug-likeness (QED) is 0.789. The van der Waals surface area contributed by atoms with E-state index >= 15 is 0 Å². The monoisotopic (exact) mass is 370 g/mol. The zero-order valence-corrected chi connectivity index (χ0v) is 16.0. The predicted octanol–water partition coefficient (Wildman–Crippen LogP) is 3.44. The number of aromatic nitrogens is 2. The summed E-state index contributed by atoms with van der Waals surface area (Å²) >= 11 is 5.67. The van der Waals surface area contributed by atoms with Crippen molar-refractivity contribution in [1.82, 2.24) is 19.8 Å². The van der Waals surface area contributed by atoms with Crippen LogP contribution in [0.5, 0.6) is 0 Å². The SMILES string of the molecule is CCCN1C(=S)NC(c2ccccn2)C1c1cccn1CC1CCCO1. The number of hydrogen-bond donors (Lipinski definition) is 1. The third kappa shape index (κ3) is 3.35. The van der Waals surface area contributed by atoms with Crippen molar-refractivity contribution < 1.29 is 4.74 Å². The molecule has 138 valence electrons. The van der Waals surface area contributed by atoms with Crippen molar-refractivity contribution >= 4 is 17.3 Å². The molecule has 0 radical (unpaired) electrons. The molecule has 0 bridgehead atoms. The van der Waals surface area contributed by atoms with E-state index in [1.807, 2.05) is 18.3 Å². The van der Waals surface area contributed by atoms with E-state index in [0.29, 0.717) is 6.10 Å². The molecule has 0 aromatic carbocycles. The van der Waals surface area contributed by atoms with Gasteiger partial charge in [0.05, 0.1) is 23.9 Å². The molecule has 0 aliphatic carbocycles. The van der Waals surface area contributed by atoms with Crippen LogP contribution in [0.4, 0.5) is 0 Å². The van der Waals surface area contributed by atoms with E-state index in [-0.39, 0.29) is 12.1 Å². The molecule has 5 nitrogen and oxygen atoms in total. The van der Waals surface area contributed by atoms with Gasteiger partial charge >= 0.3 is 0 Å². The van der Waals surface area contributed by atoms with E-state index in [1.165, 1.54) is 5.69 Å². The van der Waals surface area contributed by atoms with Crippen molar-refractivity contribution in [3.63, 3.8) is 0 Å². The largest absolute Gasteiger partial charge is 0.376 e. The fourth-order valence-electron chi connectivity index (χ4n) is 4.08. The molecule has 2 aromatic rings. The molecule has 2 saturated heterocycles. The molecule has 3 unspecified atom stereocenters. The number of pyridine rings is 1. The zero-order valence-electron chi connectivity index (χ0n) is 15.2. The maximum absolute atomic E-state index is 5.86. The minimum absolute atomic E-state index is 0.0633. The van der Waals surface area contributed by atoms with Crippen molar-refractivity contribution in [3.8, 4) is 0 Å². The lowest BCUT2D eigenvalue weighted by Gasteiger charge is -2.29. The van der Waals surface area contributed by atoms with E-state index in [2.05, 4.69) is 51.1 Å². The molecular formula is C20H26N4OS. The lowest BCUT2D eigenvalue weighted by molar-refractivity contribution is 0.0953. The Hall–Kier alpha value is -1.92. The molecule has 0 amide bonds. The highest BCUT2D eigenvalue weighted by Crippen LogP contribution is 2.39. The Bertz CT molecular complexity index is 741. The van der Waals surface area contributed by atoms with E-state index in [4.69, 9.17) is 17.0 Å². The van der Waals surface area contributed by atoms with Gasteiger partial charge in [-0.3, -0.25) is 4.98 Å². The van der Waals surface area contributed by atoms with Gasteiger partial charge in [-0.25, -0.2) is 0 Å². The molecule has 4 rings (SSSR count).